The molecule has 0 aromatic carbocycles. The molecule has 1 aromatic heterocycles. The van der Waals surface area contributed by atoms with E-state index < -0.39 is 0 Å². The molecule has 1 aliphatic rings. The van der Waals surface area contributed by atoms with E-state index in [9.17, 15) is 4.79 Å². The number of aryl methyl sites for hydroxylation is 2. The van der Waals surface area contributed by atoms with Crippen LogP contribution < -0.4 is 10.7 Å². The molecule has 0 bridgehead atoms. The van der Waals surface area contributed by atoms with E-state index in [4.69, 9.17) is 0 Å². The Balaban J connectivity index is 2.00. The Morgan fingerprint density at radius 3 is 2.59 bits per heavy atom. The molecule has 0 aliphatic carbocycles. The monoisotopic (exact) mass is 234 g/mol. The van der Waals surface area contributed by atoms with Gasteiger partial charge in [-0.05, 0) is 39.7 Å². The molecule has 0 amide bonds. The number of hydrogen-bond acceptors (Lipinski definition) is 2. The highest BCUT2D eigenvalue weighted by Crippen LogP contribution is 2.12. The quantitative estimate of drug-likeness (QED) is 0.868. The largest absolute Gasteiger partial charge is 0.349 e. The lowest BCUT2D eigenvalue weighted by Gasteiger charge is -2.24. The maximum atomic E-state index is 11.3. The van der Waals surface area contributed by atoms with Gasteiger partial charge in [0.25, 0.3) is 0 Å². The van der Waals surface area contributed by atoms with Crippen molar-refractivity contribution in [2.75, 3.05) is 6.54 Å². The van der Waals surface area contributed by atoms with Crippen molar-refractivity contribution in [2.24, 2.45) is 0 Å². The number of nitrogens with zero attached hydrogens (tertiary/aromatic N) is 1. The first-order chi connectivity index (χ1) is 8.16. The predicted octanol–water partition coefficient (Wildman–Crippen LogP) is 2.00. The number of rotatable bonds is 3. The third-order valence-corrected chi connectivity index (χ3v) is 3.67. The predicted molar refractivity (Wildman–Crippen MR) is 70.4 cm³/mol. The molecular formula is C14H22N2O. The third-order valence-electron chi connectivity index (χ3n) is 3.67. The normalized spacial score (nSPS) is 20.5. The number of hydrogen-bond donors (Lipinski definition) is 1. The van der Waals surface area contributed by atoms with Gasteiger partial charge in [0.2, 0.25) is 0 Å². The zero-order chi connectivity index (χ0) is 12.3. The molecule has 3 heteroatoms. The summed E-state index contributed by atoms with van der Waals surface area (Å²) in [6, 6.07) is 4.10. The maximum Gasteiger partial charge on any atom is 0.182 e. The third kappa shape index (κ3) is 3.19. The summed E-state index contributed by atoms with van der Waals surface area (Å²) >= 11 is 0. The Morgan fingerprint density at radius 1 is 1.29 bits per heavy atom. The Labute approximate surface area is 103 Å². The molecule has 1 aromatic rings. The van der Waals surface area contributed by atoms with Gasteiger partial charge in [-0.3, -0.25) is 4.79 Å². The van der Waals surface area contributed by atoms with Crippen molar-refractivity contribution in [3.63, 3.8) is 0 Å². The van der Waals surface area contributed by atoms with E-state index in [-0.39, 0.29) is 5.43 Å². The van der Waals surface area contributed by atoms with Crippen molar-refractivity contribution in [3.05, 3.63) is 33.7 Å². The highest BCUT2D eigenvalue weighted by atomic mass is 16.1. The molecule has 1 atom stereocenters. The van der Waals surface area contributed by atoms with Crippen LogP contribution in [0.15, 0.2) is 16.9 Å². The van der Waals surface area contributed by atoms with E-state index in [2.05, 4.69) is 9.88 Å². The first kappa shape index (κ1) is 12.4. The molecule has 2 rings (SSSR count). The average Bonchev–Trinajstić information content (AvgIpc) is 2.29. The summed E-state index contributed by atoms with van der Waals surface area (Å²) in [6.07, 6.45) is 5.11. The van der Waals surface area contributed by atoms with E-state index in [1.165, 1.54) is 19.3 Å². The van der Waals surface area contributed by atoms with E-state index in [1.54, 1.807) is 12.1 Å². The Kier molecular flexibility index (Phi) is 4.00. The fraction of sp³-hybridized carbons (Fsp3) is 0.643. The smallest absolute Gasteiger partial charge is 0.182 e. The van der Waals surface area contributed by atoms with Crippen LogP contribution >= 0.6 is 0 Å². The van der Waals surface area contributed by atoms with Crippen LogP contribution in [-0.4, -0.2) is 17.2 Å². The van der Waals surface area contributed by atoms with Crippen LogP contribution in [0, 0.1) is 13.8 Å². The van der Waals surface area contributed by atoms with Crippen LogP contribution in [0.2, 0.25) is 0 Å². The molecule has 1 unspecified atom stereocenters. The first-order valence-electron chi connectivity index (χ1n) is 6.58. The second-order valence-electron chi connectivity index (χ2n) is 5.06. The highest BCUT2D eigenvalue weighted by molar-refractivity contribution is 5.12. The summed E-state index contributed by atoms with van der Waals surface area (Å²) in [4.78, 5) is 11.3. The van der Waals surface area contributed by atoms with Crippen molar-refractivity contribution >= 4 is 0 Å². The summed E-state index contributed by atoms with van der Waals surface area (Å²) in [7, 11) is 0. The summed E-state index contributed by atoms with van der Waals surface area (Å²) in [5.41, 5.74) is 2.27. The van der Waals surface area contributed by atoms with Gasteiger partial charge in [-0.15, -0.1) is 0 Å². The SMILES string of the molecule is Cc1cc(=O)cc(C)n1CCC1CCCCN1. The molecule has 17 heavy (non-hydrogen) atoms. The lowest BCUT2D eigenvalue weighted by Crippen LogP contribution is -2.35. The van der Waals surface area contributed by atoms with E-state index in [0.29, 0.717) is 6.04 Å². The number of pyridine rings is 1. The van der Waals surface area contributed by atoms with Gasteiger partial charge in [0.1, 0.15) is 0 Å². The molecule has 0 spiro atoms. The van der Waals surface area contributed by atoms with Crippen LogP contribution in [0.5, 0.6) is 0 Å². The molecule has 0 radical (unpaired) electrons. The fourth-order valence-electron chi connectivity index (χ4n) is 2.70. The molecule has 1 aliphatic heterocycles. The molecule has 1 fully saturated rings. The van der Waals surface area contributed by atoms with Gasteiger partial charge in [-0.1, -0.05) is 6.42 Å². The minimum absolute atomic E-state index is 0.118. The van der Waals surface area contributed by atoms with Gasteiger partial charge in [-0.2, -0.15) is 0 Å². The average molecular weight is 234 g/mol. The van der Waals surface area contributed by atoms with Gasteiger partial charge in [0.15, 0.2) is 5.43 Å². The molecule has 3 nitrogen and oxygen atoms in total. The zero-order valence-electron chi connectivity index (χ0n) is 10.8. The lowest BCUT2D eigenvalue weighted by atomic mass is 10.0. The van der Waals surface area contributed by atoms with Gasteiger partial charge in [0.05, 0.1) is 0 Å². The van der Waals surface area contributed by atoms with Crippen LogP contribution in [0.4, 0.5) is 0 Å². The summed E-state index contributed by atoms with van der Waals surface area (Å²) in [5.74, 6) is 0. The van der Waals surface area contributed by atoms with Crippen molar-refractivity contribution < 1.29 is 0 Å². The highest BCUT2D eigenvalue weighted by Gasteiger charge is 2.12. The molecule has 0 saturated carbocycles. The number of piperidine rings is 1. The van der Waals surface area contributed by atoms with Gasteiger partial charge >= 0.3 is 0 Å². The Hall–Kier alpha value is -1.09. The van der Waals surface area contributed by atoms with Gasteiger partial charge in [0, 0.05) is 36.1 Å². The standard InChI is InChI=1S/C14H22N2O/c1-11-9-14(17)10-12(2)16(11)8-6-13-5-3-4-7-15-13/h9-10,13,15H,3-8H2,1-2H3. The molecule has 1 N–H and O–H groups in total. The fourth-order valence-corrected chi connectivity index (χ4v) is 2.70. The Morgan fingerprint density at radius 2 is 2.00 bits per heavy atom. The summed E-state index contributed by atoms with van der Waals surface area (Å²) in [5, 5.41) is 3.56. The zero-order valence-corrected chi connectivity index (χ0v) is 10.8. The van der Waals surface area contributed by atoms with E-state index in [1.807, 2.05) is 13.8 Å². The van der Waals surface area contributed by atoms with Crippen molar-refractivity contribution in [1.29, 1.82) is 0 Å². The minimum atomic E-state index is 0.118. The van der Waals surface area contributed by atoms with E-state index in [0.717, 1.165) is 30.9 Å². The molecular weight excluding hydrogens is 212 g/mol. The van der Waals surface area contributed by atoms with E-state index >= 15 is 0 Å². The van der Waals surface area contributed by atoms with Crippen LogP contribution in [0.3, 0.4) is 0 Å². The number of aromatic nitrogens is 1. The minimum Gasteiger partial charge on any atom is -0.349 e. The Bertz CT molecular complexity index is 404. The van der Waals surface area contributed by atoms with Crippen molar-refractivity contribution in [2.45, 2.75) is 52.1 Å². The second-order valence-corrected chi connectivity index (χ2v) is 5.06. The second kappa shape index (κ2) is 5.50. The molecule has 2 heterocycles. The maximum absolute atomic E-state index is 11.3. The topological polar surface area (TPSA) is 34.0 Å². The number of nitrogens with one attached hydrogen (secondary N) is 1. The van der Waals surface area contributed by atoms with Crippen molar-refractivity contribution in [3.8, 4) is 0 Å². The summed E-state index contributed by atoms with van der Waals surface area (Å²) < 4.78 is 2.25. The molecule has 1 saturated heterocycles. The first-order valence-corrected chi connectivity index (χ1v) is 6.58. The van der Waals surface area contributed by atoms with Gasteiger partial charge < -0.3 is 9.88 Å². The lowest BCUT2D eigenvalue weighted by molar-refractivity contribution is 0.364. The van der Waals surface area contributed by atoms with Crippen molar-refractivity contribution in [1.82, 2.24) is 9.88 Å². The van der Waals surface area contributed by atoms with Crippen LogP contribution in [-0.2, 0) is 6.54 Å². The van der Waals surface area contributed by atoms with Crippen LogP contribution in [0.25, 0.3) is 0 Å². The molecule has 94 valence electrons. The summed E-state index contributed by atoms with van der Waals surface area (Å²) in [6.45, 7) is 6.20. The van der Waals surface area contributed by atoms with Crippen LogP contribution in [0.1, 0.15) is 37.1 Å². The van der Waals surface area contributed by atoms with Gasteiger partial charge in [-0.25, -0.2) is 0 Å².